The fourth-order valence-corrected chi connectivity index (χ4v) is 2.50. The van der Waals surface area contributed by atoms with E-state index in [4.69, 9.17) is 16.3 Å². The third kappa shape index (κ3) is 5.31. The molecule has 0 radical (unpaired) electrons. The number of nitrogens with one attached hydrogen (secondary N) is 1. The second kappa shape index (κ2) is 7.82. The van der Waals surface area contributed by atoms with Crippen molar-refractivity contribution in [2.24, 2.45) is 5.92 Å². The minimum absolute atomic E-state index is 0.0659. The predicted molar refractivity (Wildman–Crippen MR) is 97.7 cm³/mol. The molecule has 28 heavy (non-hydrogen) atoms. The quantitative estimate of drug-likeness (QED) is 0.637. The van der Waals surface area contributed by atoms with Gasteiger partial charge in [-0.25, -0.2) is 4.79 Å². The Labute approximate surface area is 165 Å². The number of carbonyl (C=O) groups excluding carboxylic acids is 1. The van der Waals surface area contributed by atoms with Gasteiger partial charge in [0.25, 0.3) is 0 Å². The number of anilines is 1. The Morgan fingerprint density at radius 2 is 1.93 bits per heavy atom. The number of amides is 1. The summed E-state index contributed by atoms with van der Waals surface area (Å²) in [6.07, 6.45) is -4.87. The van der Waals surface area contributed by atoms with Crippen LogP contribution in [0.4, 0.5) is 23.7 Å². The summed E-state index contributed by atoms with van der Waals surface area (Å²) in [4.78, 5) is 12.1. The van der Waals surface area contributed by atoms with Gasteiger partial charge in [-0.2, -0.15) is 13.2 Å². The highest BCUT2D eigenvalue weighted by Crippen LogP contribution is 2.44. The first-order valence-corrected chi connectivity index (χ1v) is 8.90. The Hall–Kier alpha value is -1.95. The van der Waals surface area contributed by atoms with Crippen molar-refractivity contribution in [2.45, 2.75) is 57.6 Å². The van der Waals surface area contributed by atoms with E-state index in [1.807, 2.05) is 5.92 Å². The number of hydrogen-bond donors (Lipinski definition) is 3. The lowest BCUT2D eigenvalue weighted by Gasteiger charge is -2.29. The molecule has 3 N–H and O–H groups in total. The van der Waals surface area contributed by atoms with Crippen LogP contribution >= 0.6 is 11.6 Å². The first kappa shape index (κ1) is 22.3. The highest BCUT2D eigenvalue weighted by atomic mass is 35.5. The second-order valence-corrected chi connectivity index (χ2v) is 7.93. The number of halogens is 4. The number of aliphatic hydroxyl groups excluding tert-OH is 1. The molecule has 1 unspecified atom stereocenters. The lowest BCUT2D eigenvalue weighted by atomic mass is 9.90. The van der Waals surface area contributed by atoms with E-state index in [-0.39, 0.29) is 16.5 Å². The minimum Gasteiger partial charge on any atom is -0.444 e. The summed E-state index contributed by atoms with van der Waals surface area (Å²) in [6, 6.07) is 1.89. The summed E-state index contributed by atoms with van der Waals surface area (Å²) < 4.78 is 46.4. The van der Waals surface area contributed by atoms with E-state index in [0.717, 1.165) is 12.1 Å². The highest BCUT2D eigenvalue weighted by molar-refractivity contribution is 6.31. The first-order valence-electron chi connectivity index (χ1n) is 8.52. The lowest BCUT2D eigenvalue weighted by molar-refractivity contribution is -0.240. The Morgan fingerprint density at radius 3 is 2.39 bits per heavy atom. The van der Waals surface area contributed by atoms with Crippen molar-refractivity contribution in [2.75, 3.05) is 5.32 Å². The smallest absolute Gasteiger partial charge is 0.433 e. The number of carbonyl (C=O) groups is 1. The number of benzene rings is 1. The molecule has 1 aliphatic rings. The number of rotatable bonds is 3. The average Bonchev–Trinajstić information content (AvgIpc) is 3.35. The number of alkyl halides is 3. The number of ether oxygens (including phenoxy) is 1. The summed E-state index contributed by atoms with van der Waals surface area (Å²) in [5.41, 5.74) is -5.55. The number of aliphatic hydroxyl groups is 2. The maximum atomic E-state index is 13.8. The summed E-state index contributed by atoms with van der Waals surface area (Å²) in [5, 5.41) is 21.8. The SMILES string of the molecule is CC(C)(C)OC(=O)Nc1cc(CO)c(Cl)cc1C(O)(C#CC1CC1)C(F)(F)F. The average molecular weight is 420 g/mol. The van der Waals surface area contributed by atoms with E-state index >= 15 is 0 Å². The third-order valence-electron chi connectivity index (χ3n) is 3.83. The monoisotopic (exact) mass is 419 g/mol. The predicted octanol–water partition coefficient (Wildman–Crippen LogP) is 4.34. The maximum absolute atomic E-state index is 13.8. The van der Waals surface area contributed by atoms with Crippen molar-refractivity contribution in [3.05, 3.63) is 28.3 Å². The highest BCUT2D eigenvalue weighted by Gasteiger charge is 2.56. The molecule has 1 fully saturated rings. The molecular formula is C19H21ClF3NO4. The van der Waals surface area contributed by atoms with Gasteiger partial charge in [-0.15, -0.1) is 0 Å². The Bertz CT molecular complexity index is 819. The van der Waals surface area contributed by atoms with Crippen LogP contribution in [0, 0.1) is 17.8 Å². The van der Waals surface area contributed by atoms with E-state index in [1.54, 1.807) is 20.8 Å². The van der Waals surface area contributed by atoms with Gasteiger partial charge in [-0.1, -0.05) is 23.4 Å². The van der Waals surface area contributed by atoms with Crippen molar-refractivity contribution >= 4 is 23.4 Å². The van der Waals surface area contributed by atoms with Crippen LogP contribution in [0.1, 0.15) is 44.7 Å². The molecule has 1 atom stereocenters. The normalized spacial score (nSPS) is 16.6. The van der Waals surface area contributed by atoms with Crippen molar-refractivity contribution < 1.29 is 32.9 Å². The molecule has 5 nitrogen and oxygen atoms in total. The topological polar surface area (TPSA) is 78.8 Å². The molecule has 1 saturated carbocycles. The molecule has 0 aromatic heterocycles. The third-order valence-corrected chi connectivity index (χ3v) is 4.18. The van der Waals surface area contributed by atoms with Crippen molar-refractivity contribution in [3.63, 3.8) is 0 Å². The van der Waals surface area contributed by atoms with E-state index in [0.29, 0.717) is 12.8 Å². The van der Waals surface area contributed by atoms with Gasteiger partial charge in [0.05, 0.1) is 12.3 Å². The molecule has 1 aliphatic carbocycles. The van der Waals surface area contributed by atoms with Gasteiger partial charge in [0, 0.05) is 16.5 Å². The van der Waals surface area contributed by atoms with Crippen LogP contribution < -0.4 is 5.32 Å². The van der Waals surface area contributed by atoms with Crippen LogP contribution in [0.3, 0.4) is 0 Å². The molecule has 2 rings (SSSR count). The van der Waals surface area contributed by atoms with Gasteiger partial charge in [-0.05, 0) is 51.3 Å². The van der Waals surface area contributed by atoms with Crippen LogP contribution in [0.15, 0.2) is 12.1 Å². The molecule has 0 heterocycles. The van der Waals surface area contributed by atoms with Gasteiger partial charge >= 0.3 is 12.3 Å². The van der Waals surface area contributed by atoms with Gasteiger partial charge in [0.1, 0.15) is 5.60 Å². The molecule has 0 aliphatic heterocycles. The van der Waals surface area contributed by atoms with E-state index in [2.05, 4.69) is 11.2 Å². The molecular weight excluding hydrogens is 399 g/mol. The zero-order valence-corrected chi connectivity index (χ0v) is 16.3. The molecule has 0 saturated heterocycles. The van der Waals surface area contributed by atoms with Crippen LogP contribution in [0.2, 0.25) is 5.02 Å². The zero-order valence-electron chi connectivity index (χ0n) is 15.6. The van der Waals surface area contributed by atoms with E-state index < -0.39 is 41.3 Å². The van der Waals surface area contributed by atoms with Crippen molar-refractivity contribution in [1.29, 1.82) is 0 Å². The van der Waals surface area contributed by atoms with Crippen molar-refractivity contribution in [1.82, 2.24) is 0 Å². The summed E-state index contributed by atoms with van der Waals surface area (Å²) in [7, 11) is 0. The minimum atomic E-state index is -5.16. The first-order chi connectivity index (χ1) is 12.8. The van der Waals surface area contributed by atoms with E-state index in [1.165, 1.54) is 0 Å². The summed E-state index contributed by atoms with van der Waals surface area (Å²) in [5.74, 6) is 4.12. The Balaban J connectivity index is 2.58. The van der Waals surface area contributed by atoms with Gasteiger partial charge in [0.15, 0.2) is 0 Å². The van der Waals surface area contributed by atoms with Crippen LogP contribution in [0.25, 0.3) is 0 Å². The fourth-order valence-electron chi connectivity index (χ4n) is 2.28. The summed E-state index contributed by atoms with van der Waals surface area (Å²) >= 11 is 5.95. The molecule has 0 spiro atoms. The maximum Gasteiger partial charge on any atom is 0.433 e. The Morgan fingerprint density at radius 1 is 1.32 bits per heavy atom. The van der Waals surface area contributed by atoms with Crippen molar-refractivity contribution in [3.8, 4) is 11.8 Å². The summed E-state index contributed by atoms with van der Waals surface area (Å²) in [6.45, 7) is 4.17. The molecule has 1 aromatic rings. The van der Waals surface area contributed by atoms with E-state index in [9.17, 15) is 28.2 Å². The molecule has 1 amide bonds. The molecule has 9 heteroatoms. The molecule has 1 aromatic carbocycles. The zero-order chi connectivity index (χ0) is 21.3. The lowest BCUT2D eigenvalue weighted by Crippen LogP contribution is -2.42. The molecule has 0 bridgehead atoms. The van der Waals surface area contributed by atoms with Gasteiger partial charge < -0.3 is 14.9 Å². The number of hydrogen-bond acceptors (Lipinski definition) is 4. The van der Waals surface area contributed by atoms with Gasteiger partial charge in [0.2, 0.25) is 5.60 Å². The van der Waals surface area contributed by atoms with Crippen LogP contribution in [-0.2, 0) is 16.9 Å². The molecule has 154 valence electrons. The Kier molecular flexibility index (Phi) is 6.24. The fraction of sp³-hybridized carbons (Fsp3) is 0.526. The van der Waals surface area contributed by atoms with Gasteiger partial charge in [-0.3, -0.25) is 5.32 Å². The largest absolute Gasteiger partial charge is 0.444 e. The van der Waals surface area contributed by atoms with Crippen LogP contribution in [0.5, 0.6) is 0 Å². The second-order valence-electron chi connectivity index (χ2n) is 7.53. The van der Waals surface area contributed by atoms with Crippen LogP contribution in [-0.4, -0.2) is 28.1 Å². The standard InChI is InChI=1S/C19H21ClF3NO4/c1-17(2,3)28-16(26)24-15-8-12(10-25)14(20)9-13(15)18(27,19(21,22)23)7-6-11-4-5-11/h8-9,11,25,27H,4-5,10H2,1-3H3,(H,24,26).